The van der Waals surface area contributed by atoms with Crippen LogP contribution < -0.4 is 10.1 Å². The summed E-state index contributed by atoms with van der Waals surface area (Å²) in [5, 5.41) is 2.92. The molecule has 7 nitrogen and oxygen atoms in total. The van der Waals surface area contributed by atoms with Gasteiger partial charge in [0.15, 0.2) is 0 Å². The van der Waals surface area contributed by atoms with E-state index >= 15 is 0 Å². The number of pyridine rings is 1. The van der Waals surface area contributed by atoms with Crippen molar-refractivity contribution in [3.8, 4) is 5.75 Å². The summed E-state index contributed by atoms with van der Waals surface area (Å²) in [6.07, 6.45) is 5.12. The number of halogens is 1. The highest BCUT2D eigenvalue weighted by Crippen LogP contribution is 2.30. The molecule has 1 amide bonds. The maximum atomic E-state index is 12.9. The number of sulfone groups is 1. The SMILES string of the molecule is COc1ccc(S(=O)(=O)c2ccc(CNC(=O)c3ccc4nccn4c3)cc2)c(Cl)c1. The Morgan fingerprint density at radius 1 is 1.13 bits per heavy atom. The van der Waals surface area contributed by atoms with E-state index in [1.807, 2.05) is 0 Å². The van der Waals surface area contributed by atoms with Gasteiger partial charge in [-0.3, -0.25) is 4.79 Å². The average molecular weight is 456 g/mol. The lowest BCUT2D eigenvalue weighted by atomic mass is 10.2. The van der Waals surface area contributed by atoms with E-state index in [1.165, 1.54) is 31.4 Å². The minimum atomic E-state index is -3.78. The van der Waals surface area contributed by atoms with Crippen LogP contribution in [0.3, 0.4) is 0 Å². The number of nitrogens with one attached hydrogen (secondary N) is 1. The molecular weight excluding hydrogens is 438 g/mol. The third kappa shape index (κ3) is 4.26. The van der Waals surface area contributed by atoms with Gasteiger partial charge in [0.25, 0.3) is 5.91 Å². The number of carbonyl (C=O) groups excluding carboxylic acids is 1. The van der Waals surface area contributed by atoms with Crippen molar-refractivity contribution in [2.45, 2.75) is 16.3 Å². The number of carbonyl (C=O) groups is 1. The zero-order valence-electron chi connectivity index (χ0n) is 16.4. The number of benzene rings is 2. The Balaban J connectivity index is 1.47. The zero-order chi connectivity index (χ0) is 22.0. The third-order valence-electron chi connectivity index (χ3n) is 4.77. The smallest absolute Gasteiger partial charge is 0.253 e. The molecule has 0 aliphatic heterocycles. The summed E-state index contributed by atoms with van der Waals surface area (Å²) >= 11 is 6.13. The van der Waals surface area contributed by atoms with Crippen LogP contribution in [-0.2, 0) is 16.4 Å². The lowest BCUT2D eigenvalue weighted by molar-refractivity contribution is 0.0950. The molecule has 158 valence electrons. The second-order valence-electron chi connectivity index (χ2n) is 6.74. The van der Waals surface area contributed by atoms with Crippen LogP contribution in [0.4, 0.5) is 0 Å². The second-order valence-corrected chi connectivity index (χ2v) is 9.06. The zero-order valence-corrected chi connectivity index (χ0v) is 18.0. The fourth-order valence-corrected chi connectivity index (χ4v) is 4.87. The number of nitrogens with zero attached hydrogens (tertiary/aromatic N) is 2. The molecule has 4 rings (SSSR count). The Labute approximate surface area is 184 Å². The number of amides is 1. The van der Waals surface area contributed by atoms with E-state index < -0.39 is 9.84 Å². The van der Waals surface area contributed by atoms with Gasteiger partial charge in [0.1, 0.15) is 11.4 Å². The van der Waals surface area contributed by atoms with Crippen molar-refractivity contribution in [3.63, 3.8) is 0 Å². The molecule has 0 saturated heterocycles. The first kappa shape index (κ1) is 20.9. The summed E-state index contributed by atoms with van der Waals surface area (Å²) in [6, 6.07) is 14.2. The van der Waals surface area contributed by atoms with Crippen molar-refractivity contribution >= 4 is 33.0 Å². The van der Waals surface area contributed by atoms with Crippen LogP contribution >= 0.6 is 11.6 Å². The molecule has 0 aliphatic rings. The van der Waals surface area contributed by atoms with E-state index in [0.29, 0.717) is 11.3 Å². The predicted molar refractivity (Wildman–Crippen MR) is 116 cm³/mol. The van der Waals surface area contributed by atoms with Gasteiger partial charge in [-0.1, -0.05) is 23.7 Å². The molecular formula is C22H18ClN3O4S. The highest BCUT2D eigenvalue weighted by Gasteiger charge is 2.21. The molecule has 0 radical (unpaired) electrons. The summed E-state index contributed by atoms with van der Waals surface area (Å²) in [7, 11) is -2.30. The van der Waals surface area contributed by atoms with Crippen LogP contribution in [0.2, 0.25) is 5.02 Å². The fraction of sp³-hybridized carbons (Fsp3) is 0.0909. The van der Waals surface area contributed by atoms with Gasteiger partial charge in [-0.05, 0) is 42.0 Å². The van der Waals surface area contributed by atoms with Crippen LogP contribution in [0.25, 0.3) is 5.65 Å². The number of hydrogen-bond acceptors (Lipinski definition) is 5. The number of hydrogen-bond donors (Lipinski definition) is 1. The van der Waals surface area contributed by atoms with Crippen LogP contribution in [0, 0.1) is 0 Å². The number of ether oxygens (including phenoxy) is 1. The summed E-state index contributed by atoms with van der Waals surface area (Å²) in [4.78, 5) is 16.7. The van der Waals surface area contributed by atoms with E-state index in [0.717, 1.165) is 11.2 Å². The lowest BCUT2D eigenvalue weighted by Gasteiger charge is -2.10. The molecule has 9 heteroatoms. The summed E-state index contributed by atoms with van der Waals surface area (Å²) in [6.45, 7) is 0.254. The summed E-state index contributed by atoms with van der Waals surface area (Å²) in [5.41, 5.74) is 2.01. The first-order chi connectivity index (χ1) is 14.9. The maximum absolute atomic E-state index is 12.9. The summed E-state index contributed by atoms with van der Waals surface area (Å²) < 4.78 is 32.6. The van der Waals surface area contributed by atoms with Crippen LogP contribution in [0.5, 0.6) is 5.75 Å². The molecule has 2 aromatic heterocycles. The minimum absolute atomic E-state index is 0.00548. The molecule has 4 aromatic rings. The highest BCUT2D eigenvalue weighted by atomic mass is 35.5. The van der Waals surface area contributed by atoms with E-state index in [4.69, 9.17) is 16.3 Å². The second kappa shape index (κ2) is 8.41. The summed E-state index contributed by atoms with van der Waals surface area (Å²) in [5.74, 6) is 0.236. The molecule has 0 spiro atoms. The lowest BCUT2D eigenvalue weighted by Crippen LogP contribution is -2.23. The first-order valence-electron chi connectivity index (χ1n) is 9.27. The first-order valence-corrected chi connectivity index (χ1v) is 11.1. The van der Waals surface area contributed by atoms with Crippen LogP contribution in [-0.4, -0.2) is 30.8 Å². The van der Waals surface area contributed by atoms with E-state index in [2.05, 4.69) is 10.3 Å². The maximum Gasteiger partial charge on any atom is 0.253 e. The molecule has 2 heterocycles. The number of rotatable bonds is 6. The average Bonchev–Trinajstić information content (AvgIpc) is 3.25. The van der Waals surface area contributed by atoms with Gasteiger partial charge in [0, 0.05) is 31.2 Å². The van der Waals surface area contributed by atoms with Crippen molar-refractivity contribution in [3.05, 3.63) is 89.3 Å². The van der Waals surface area contributed by atoms with Crippen molar-refractivity contribution < 1.29 is 17.9 Å². The molecule has 0 aliphatic carbocycles. The van der Waals surface area contributed by atoms with Gasteiger partial charge in [0.2, 0.25) is 9.84 Å². The Morgan fingerprint density at radius 2 is 1.90 bits per heavy atom. The number of aromatic nitrogens is 2. The molecule has 1 N–H and O–H groups in total. The van der Waals surface area contributed by atoms with Gasteiger partial charge in [0.05, 0.1) is 27.5 Å². The van der Waals surface area contributed by atoms with Crippen molar-refractivity contribution in [1.29, 1.82) is 0 Å². The quantitative estimate of drug-likeness (QED) is 0.478. The van der Waals surface area contributed by atoms with Crippen LogP contribution in [0.1, 0.15) is 15.9 Å². The Hall–Kier alpha value is -3.36. The molecule has 31 heavy (non-hydrogen) atoms. The highest BCUT2D eigenvalue weighted by molar-refractivity contribution is 7.91. The van der Waals surface area contributed by atoms with E-state index in [1.54, 1.807) is 53.3 Å². The molecule has 0 fully saturated rings. The van der Waals surface area contributed by atoms with Gasteiger partial charge >= 0.3 is 0 Å². The normalized spacial score (nSPS) is 11.4. The molecule has 2 aromatic carbocycles. The number of methoxy groups -OCH3 is 1. The number of fused-ring (bicyclic) bond motifs is 1. The molecule has 0 unspecified atom stereocenters. The van der Waals surface area contributed by atoms with E-state index in [-0.39, 0.29) is 27.3 Å². The van der Waals surface area contributed by atoms with Crippen LogP contribution in [0.15, 0.2) is 83.0 Å². The molecule has 0 saturated carbocycles. The van der Waals surface area contributed by atoms with Crippen molar-refractivity contribution in [2.75, 3.05) is 7.11 Å². The third-order valence-corrected chi connectivity index (χ3v) is 7.02. The monoisotopic (exact) mass is 455 g/mol. The Kier molecular flexibility index (Phi) is 5.67. The van der Waals surface area contributed by atoms with Crippen molar-refractivity contribution in [1.82, 2.24) is 14.7 Å². The topological polar surface area (TPSA) is 89.8 Å². The Bertz CT molecular complexity index is 1370. The standard InChI is InChI=1S/C22H18ClN3O4S/c1-30-17-5-8-20(19(23)12-17)31(28,29)18-6-2-15(3-7-18)13-25-22(27)16-4-9-21-24-10-11-26(21)14-16/h2-12,14H,13H2,1H3,(H,25,27). The van der Waals surface area contributed by atoms with Gasteiger partial charge < -0.3 is 14.5 Å². The fourth-order valence-electron chi connectivity index (χ4n) is 3.08. The molecule has 0 bridgehead atoms. The van der Waals surface area contributed by atoms with Gasteiger partial charge in [-0.25, -0.2) is 13.4 Å². The minimum Gasteiger partial charge on any atom is -0.497 e. The number of imidazole rings is 1. The van der Waals surface area contributed by atoms with Gasteiger partial charge in [-0.2, -0.15) is 0 Å². The largest absolute Gasteiger partial charge is 0.497 e. The molecule has 0 atom stereocenters. The Morgan fingerprint density at radius 3 is 2.61 bits per heavy atom. The van der Waals surface area contributed by atoms with E-state index in [9.17, 15) is 13.2 Å². The van der Waals surface area contributed by atoms with Gasteiger partial charge in [-0.15, -0.1) is 0 Å². The van der Waals surface area contributed by atoms with Crippen molar-refractivity contribution in [2.24, 2.45) is 0 Å². The predicted octanol–water partition coefficient (Wildman–Crippen LogP) is 3.76.